The number of benzene rings is 1. The highest BCUT2D eigenvalue weighted by atomic mass is 32.2. The first-order valence-electron chi connectivity index (χ1n) is 9.22. The van der Waals surface area contributed by atoms with E-state index < -0.39 is 40.5 Å². The lowest BCUT2D eigenvalue weighted by Crippen LogP contribution is -2.54. The second-order valence-electron chi connectivity index (χ2n) is 6.58. The maximum Gasteiger partial charge on any atom is 0.242 e. The number of aliphatic hydroxyl groups excluding tert-OH is 1. The number of hydrogen-bond acceptors (Lipinski definition) is 6. The van der Waals surface area contributed by atoms with Gasteiger partial charge in [-0.05, 0) is 18.9 Å². The summed E-state index contributed by atoms with van der Waals surface area (Å²) in [5, 5.41) is 21.7. The van der Waals surface area contributed by atoms with E-state index in [0.29, 0.717) is 18.4 Å². The number of aliphatic hydroxyl groups is 1. The van der Waals surface area contributed by atoms with Gasteiger partial charge in [0.1, 0.15) is 17.9 Å². The second kappa shape index (κ2) is 11.5. The van der Waals surface area contributed by atoms with Gasteiger partial charge in [0.2, 0.25) is 21.8 Å². The molecule has 0 heterocycles. The first kappa shape index (κ1) is 24.5. The molecule has 10 nitrogen and oxygen atoms in total. The highest BCUT2D eigenvalue weighted by molar-refractivity contribution is 7.89. The van der Waals surface area contributed by atoms with Crippen molar-refractivity contribution < 1.29 is 23.1 Å². The molecular weight excluding hydrogens is 398 g/mol. The van der Waals surface area contributed by atoms with Crippen LogP contribution in [0.1, 0.15) is 37.8 Å². The molecule has 29 heavy (non-hydrogen) atoms. The highest BCUT2D eigenvalue weighted by Gasteiger charge is 2.26. The molecule has 162 valence electrons. The van der Waals surface area contributed by atoms with E-state index in [4.69, 9.17) is 11.1 Å². The van der Waals surface area contributed by atoms with Crippen LogP contribution in [0.3, 0.4) is 0 Å². The van der Waals surface area contributed by atoms with Gasteiger partial charge < -0.3 is 21.5 Å². The minimum Gasteiger partial charge on any atom is -0.394 e. The Hall–Kier alpha value is -2.50. The number of sulfonamides is 1. The minimum atomic E-state index is -3.71. The van der Waals surface area contributed by atoms with Crippen LogP contribution in [0.25, 0.3) is 0 Å². The van der Waals surface area contributed by atoms with Gasteiger partial charge in [-0.1, -0.05) is 37.6 Å². The number of nitrogen functional groups attached to an aromatic ring is 1. The molecular formula is C18H29N5O5S. The maximum absolute atomic E-state index is 12.2. The minimum absolute atomic E-state index is 0.0549. The number of rotatable bonds is 12. The van der Waals surface area contributed by atoms with Crippen molar-refractivity contribution in [2.45, 2.75) is 45.3 Å². The lowest BCUT2D eigenvalue weighted by molar-refractivity contribution is -0.130. The molecule has 7 N–H and O–H groups in total. The summed E-state index contributed by atoms with van der Waals surface area (Å²) in [7, 11) is -3.71. The molecule has 0 aliphatic heterocycles. The average molecular weight is 428 g/mol. The molecule has 1 aromatic carbocycles. The quantitative estimate of drug-likeness (QED) is 0.187. The molecule has 0 fully saturated rings. The lowest BCUT2D eigenvalue weighted by Gasteiger charge is -2.19. The van der Waals surface area contributed by atoms with Crippen LogP contribution in [0.5, 0.6) is 0 Å². The number of nitrogens with one attached hydrogen (secondary N) is 4. The Labute approximate surface area is 170 Å². The zero-order valence-corrected chi connectivity index (χ0v) is 17.4. The normalized spacial score (nSPS) is 13.3. The van der Waals surface area contributed by atoms with Crippen LogP contribution >= 0.6 is 0 Å². The van der Waals surface area contributed by atoms with E-state index in [-0.39, 0.29) is 18.1 Å². The molecule has 0 aromatic heterocycles. The van der Waals surface area contributed by atoms with Crippen molar-refractivity contribution in [3.8, 4) is 0 Å². The number of unbranched alkanes of at least 4 members (excludes halogenated alkanes) is 1. The summed E-state index contributed by atoms with van der Waals surface area (Å²) in [5.41, 5.74) is 6.73. The molecule has 0 aliphatic rings. The molecule has 0 radical (unpaired) electrons. The summed E-state index contributed by atoms with van der Waals surface area (Å²) in [6.45, 7) is 2.76. The predicted molar refractivity (Wildman–Crippen MR) is 110 cm³/mol. The highest BCUT2D eigenvalue weighted by Crippen LogP contribution is 2.04. The smallest absolute Gasteiger partial charge is 0.242 e. The fourth-order valence-electron chi connectivity index (χ4n) is 2.31. The zero-order chi connectivity index (χ0) is 22.0. The SMILES string of the molecule is CCCCS(=O)(=O)N[C@H](CO)C(=O)N[C@@H](C)C(=O)NCc1ccc(C(=N)N)cc1. The molecule has 1 rings (SSSR count). The first-order valence-corrected chi connectivity index (χ1v) is 10.9. The summed E-state index contributed by atoms with van der Waals surface area (Å²) in [5.74, 6) is -1.47. The number of amidine groups is 1. The molecule has 2 amide bonds. The molecule has 2 atom stereocenters. The third-order valence-corrected chi connectivity index (χ3v) is 5.54. The van der Waals surface area contributed by atoms with Crippen LogP contribution in [0.15, 0.2) is 24.3 Å². The van der Waals surface area contributed by atoms with Crippen LogP contribution < -0.4 is 21.1 Å². The van der Waals surface area contributed by atoms with E-state index in [1.807, 2.05) is 6.92 Å². The van der Waals surface area contributed by atoms with Crippen molar-refractivity contribution in [1.29, 1.82) is 5.41 Å². The Morgan fingerprint density at radius 2 is 1.83 bits per heavy atom. The van der Waals surface area contributed by atoms with E-state index in [9.17, 15) is 23.1 Å². The van der Waals surface area contributed by atoms with E-state index >= 15 is 0 Å². The zero-order valence-electron chi connectivity index (χ0n) is 16.6. The maximum atomic E-state index is 12.2. The summed E-state index contributed by atoms with van der Waals surface area (Å²) in [4.78, 5) is 24.4. The van der Waals surface area contributed by atoms with Gasteiger partial charge in [0.25, 0.3) is 0 Å². The molecule has 0 spiro atoms. The van der Waals surface area contributed by atoms with Gasteiger partial charge in [-0.2, -0.15) is 0 Å². The number of carbonyl (C=O) groups is 2. The largest absolute Gasteiger partial charge is 0.394 e. The standard InChI is InChI=1S/C18H29N5O5S/c1-3-4-9-29(27,28)23-15(11-24)18(26)22-12(2)17(25)21-10-13-5-7-14(8-6-13)16(19)20/h5-8,12,15,23-24H,3-4,9-11H2,1-2H3,(H3,19,20)(H,21,25)(H,22,26)/t12-,15+/m0/s1. The van der Waals surface area contributed by atoms with Gasteiger partial charge in [-0.3, -0.25) is 15.0 Å². The van der Waals surface area contributed by atoms with E-state index in [2.05, 4.69) is 15.4 Å². The third kappa shape index (κ3) is 8.59. The van der Waals surface area contributed by atoms with E-state index in [0.717, 1.165) is 5.56 Å². The van der Waals surface area contributed by atoms with Crippen LogP contribution in [-0.2, 0) is 26.2 Å². The van der Waals surface area contributed by atoms with Gasteiger partial charge in [0, 0.05) is 12.1 Å². The van der Waals surface area contributed by atoms with Gasteiger partial charge in [-0.15, -0.1) is 0 Å². The molecule has 0 saturated heterocycles. The summed E-state index contributed by atoms with van der Waals surface area (Å²) in [6, 6.07) is 4.44. The van der Waals surface area contributed by atoms with Crippen molar-refractivity contribution in [3.63, 3.8) is 0 Å². The second-order valence-corrected chi connectivity index (χ2v) is 8.46. The number of nitrogens with two attached hydrogens (primary N) is 1. The molecule has 11 heteroatoms. The number of amides is 2. The van der Waals surface area contributed by atoms with Crippen molar-refractivity contribution in [1.82, 2.24) is 15.4 Å². The average Bonchev–Trinajstić information content (AvgIpc) is 2.68. The Kier molecular flexibility index (Phi) is 9.72. The number of carbonyl (C=O) groups excluding carboxylic acids is 2. The Morgan fingerprint density at radius 1 is 1.21 bits per heavy atom. The van der Waals surface area contributed by atoms with Gasteiger partial charge in [0.15, 0.2) is 0 Å². The molecule has 0 aliphatic carbocycles. The summed E-state index contributed by atoms with van der Waals surface area (Å²) in [6.07, 6.45) is 1.10. The lowest BCUT2D eigenvalue weighted by atomic mass is 10.1. The van der Waals surface area contributed by atoms with Crippen molar-refractivity contribution in [2.75, 3.05) is 12.4 Å². The van der Waals surface area contributed by atoms with Crippen LogP contribution in [-0.4, -0.2) is 55.6 Å². The fraction of sp³-hybridized carbons (Fsp3) is 0.500. The van der Waals surface area contributed by atoms with Crippen LogP contribution in [0.2, 0.25) is 0 Å². The van der Waals surface area contributed by atoms with Gasteiger partial charge >= 0.3 is 0 Å². The molecule has 1 aromatic rings. The van der Waals surface area contributed by atoms with E-state index in [1.54, 1.807) is 24.3 Å². The topological polar surface area (TPSA) is 174 Å². The Balaban J connectivity index is 2.57. The van der Waals surface area contributed by atoms with Gasteiger partial charge in [0.05, 0.1) is 12.4 Å². The van der Waals surface area contributed by atoms with E-state index in [1.165, 1.54) is 6.92 Å². The third-order valence-electron chi connectivity index (χ3n) is 4.07. The fourth-order valence-corrected chi connectivity index (χ4v) is 3.71. The first-order chi connectivity index (χ1) is 13.6. The monoisotopic (exact) mass is 427 g/mol. The Morgan fingerprint density at radius 3 is 2.34 bits per heavy atom. The summed E-state index contributed by atoms with van der Waals surface area (Å²) >= 11 is 0. The summed E-state index contributed by atoms with van der Waals surface area (Å²) < 4.78 is 26.0. The van der Waals surface area contributed by atoms with Crippen molar-refractivity contribution >= 4 is 27.7 Å². The van der Waals surface area contributed by atoms with Gasteiger partial charge in [-0.25, -0.2) is 13.1 Å². The predicted octanol–water partition coefficient (Wildman–Crippen LogP) is -0.828. The Bertz CT molecular complexity index is 810. The van der Waals surface area contributed by atoms with Crippen molar-refractivity contribution in [3.05, 3.63) is 35.4 Å². The number of hydrogen-bond donors (Lipinski definition) is 6. The van der Waals surface area contributed by atoms with Crippen LogP contribution in [0, 0.1) is 5.41 Å². The molecule has 0 unspecified atom stereocenters. The van der Waals surface area contributed by atoms with Crippen molar-refractivity contribution in [2.24, 2.45) is 5.73 Å². The van der Waals surface area contributed by atoms with Crippen LogP contribution in [0.4, 0.5) is 0 Å². The molecule has 0 bridgehead atoms. The molecule has 0 saturated carbocycles.